The number of carboxylic acid groups (broad SMARTS) is 1. The molecule has 0 bridgehead atoms. The molecule has 0 radical (unpaired) electrons. The van der Waals surface area contributed by atoms with Gasteiger partial charge in [0.05, 0.1) is 0 Å². The van der Waals surface area contributed by atoms with E-state index in [-0.39, 0.29) is 52.7 Å². The molecule has 1 unspecified atom stereocenters. The maximum Gasteiger partial charge on any atom is 1.00 e. The van der Waals surface area contributed by atoms with Crippen molar-refractivity contribution in [2.24, 2.45) is 0 Å². The van der Waals surface area contributed by atoms with Crippen LogP contribution in [0.3, 0.4) is 0 Å². The first-order chi connectivity index (χ1) is 9.52. The van der Waals surface area contributed by atoms with Gasteiger partial charge in [0.25, 0.3) is 0 Å². The summed E-state index contributed by atoms with van der Waals surface area (Å²) in [6.07, 6.45) is -0.113. The van der Waals surface area contributed by atoms with Gasteiger partial charge in [0.2, 0.25) is 0 Å². The third-order valence-corrected chi connectivity index (χ3v) is 3.62. The van der Waals surface area contributed by atoms with Gasteiger partial charge in [-0.25, -0.2) is 9.78 Å². The minimum atomic E-state index is -1.13. The van der Waals surface area contributed by atoms with Crippen LogP contribution in [0.4, 0.5) is 4.79 Å². The van der Waals surface area contributed by atoms with Crippen molar-refractivity contribution in [3.8, 4) is 0 Å². The van der Waals surface area contributed by atoms with Crippen molar-refractivity contribution in [3.63, 3.8) is 0 Å². The molecule has 1 aromatic heterocycles. The van der Waals surface area contributed by atoms with Crippen molar-refractivity contribution in [1.29, 1.82) is 0 Å². The van der Waals surface area contributed by atoms with Crippen LogP contribution in [-0.4, -0.2) is 51.0 Å². The fourth-order valence-electron chi connectivity index (χ4n) is 1.46. The molecule has 22 heavy (non-hydrogen) atoms. The normalized spacial score (nSPS) is 12.5. The van der Waals surface area contributed by atoms with E-state index in [0.29, 0.717) is 11.0 Å². The Morgan fingerprint density at radius 3 is 2.32 bits per heavy atom. The number of carboxylic acids is 1. The van der Waals surface area contributed by atoms with Crippen LogP contribution in [0.25, 0.3) is 0 Å². The predicted molar refractivity (Wildman–Crippen MR) is 78.1 cm³/mol. The Bertz CT molecular complexity index is 540. The quantitative estimate of drug-likeness (QED) is 0.455. The Morgan fingerprint density at radius 1 is 1.36 bits per heavy atom. The van der Waals surface area contributed by atoms with E-state index in [1.807, 2.05) is 20.8 Å². The summed E-state index contributed by atoms with van der Waals surface area (Å²) in [4.78, 5) is 28.6. The van der Waals surface area contributed by atoms with Gasteiger partial charge in [0, 0.05) is 30.7 Å². The molecular weight excluding hydrogens is 315 g/mol. The van der Waals surface area contributed by atoms with Crippen LogP contribution >= 0.6 is 11.8 Å². The maximum atomic E-state index is 12.2. The van der Waals surface area contributed by atoms with Gasteiger partial charge in [0.1, 0.15) is 0 Å². The van der Waals surface area contributed by atoms with Gasteiger partial charge in [-0.3, -0.25) is 0 Å². The second kappa shape index (κ2) is 8.33. The summed E-state index contributed by atoms with van der Waals surface area (Å²) in [6.45, 7) is 7.60. The minimum Gasteiger partial charge on any atom is -0.550 e. The average Bonchev–Trinajstić information content (AvgIpc) is 2.70. The van der Waals surface area contributed by atoms with Crippen LogP contribution < -0.4 is 34.7 Å². The third-order valence-electron chi connectivity index (χ3n) is 2.57. The molecule has 0 N–H and O–H groups in total. The number of carbonyl (C=O) groups excluding carboxylic acids is 2. The fraction of sp³-hybridized carbons (Fsp3) is 0.692. The van der Waals surface area contributed by atoms with Crippen molar-refractivity contribution in [2.45, 2.75) is 49.9 Å². The molecule has 0 aliphatic rings. The Morgan fingerprint density at radius 2 is 1.91 bits per heavy atom. The molecule has 1 aromatic rings. The van der Waals surface area contributed by atoms with Gasteiger partial charge >= 0.3 is 35.6 Å². The minimum absolute atomic E-state index is 0. The van der Waals surface area contributed by atoms with Crippen LogP contribution in [0, 0.1) is 0 Å². The molecule has 7 nitrogen and oxygen atoms in total. The topological polar surface area (TPSA) is 91.1 Å². The molecule has 0 saturated heterocycles. The van der Waals surface area contributed by atoms with Gasteiger partial charge in [-0.05, 0) is 6.42 Å². The molecular formula is C13H21N4NaO3S. The third kappa shape index (κ3) is 5.91. The second-order valence-corrected chi connectivity index (χ2v) is 7.47. The first-order valence-corrected chi connectivity index (χ1v) is 7.46. The van der Waals surface area contributed by atoms with E-state index in [9.17, 15) is 14.7 Å². The number of hydrogen-bond donors (Lipinski definition) is 0. The molecule has 0 aliphatic heterocycles. The van der Waals surface area contributed by atoms with Crippen LogP contribution in [0.15, 0.2) is 5.16 Å². The summed E-state index contributed by atoms with van der Waals surface area (Å²) in [5.41, 5.74) is -0.301. The molecule has 1 atom stereocenters. The van der Waals surface area contributed by atoms with Crippen LogP contribution in [0.2, 0.25) is 0 Å². The largest absolute Gasteiger partial charge is 1.00 e. The molecule has 0 saturated carbocycles. The van der Waals surface area contributed by atoms with E-state index in [4.69, 9.17) is 0 Å². The van der Waals surface area contributed by atoms with Gasteiger partial charge in [0.15, 0.2) is 11.0 Å². The molecule has 0 fully saturated rings. The summed E-state index contributed by atoms with van der Waals surface area (Å²) < 4.78 is 1.22. The standard InChI is InChI=1S/C13H22N4O3S.Na/c1-8(7-9(18)19)21-11-14-10(13(2,3)4)15-17(11)12(20)16(5)6;/h8H,7H2,1-6H3,(H,18,19);/q;+1/p-1. The molecule has 1 amide bonds. The zero-order valence-corrected chi connectivity index (χ0v) is 17.0. The second-order valence-electron chi connectivity index (χ2n) is 6.06. The Balaban J connectivity index is 0.00000441. The van der Waals surface area contributed by atoms with E-state index in [0.717, 1.165) is 0 Å². The Kier molecular flexibility index (Phi) is 8.11. The number of nitrogens with zero attached hydrogens (tertiary/aromatic N) is 4. The molecule has 118 valence electrons. The van der Waals surface area contributed by atoms with Crippen molar-refractivity contribution in [2.75, 3.05) is 14.1 Å². The zero-order chi connectivity index (χ0) is 16.4. The summed E-state index contributed by atoms with van der Waals surface area (Å²) in [7, 11) is 3.25. The summed E-state index contributed by atoms with van der Waals surface area (Å²) >= 11 is 1.20. The van der Waals surface area contributed by atoms with Crippen LogP contribution in [0.1, 0.15) is 39.9 Å². The molecule has 0 aromatic carbocycles. The van der Waals surface area contributed by atoms with Gasteiger partial charge in [-0.1, -0.05) is 39.5 Å². The number of aliphatic carboxylic acids is 1. The Labute approximate surface area is 157 Å². The van der Waals surface area contributed by atoms with Crippen molar-refractivity contribution < 1.29 is 44.3 Å². The molecule has 0 aliphatic carbocycles. The molecule has 1 rings (SSSR count). The summed E-state index contributed by atoms with van der Waals surface area (Å²) in [5.74, 6) is -0.586. The Hall–Kier alpha value is -0.570. The number of carbonyl (C=O) groups is 2. The van der Waals surface area contributed by atoms with E-state index in [2.05, 4.69) is 10.1 Å². The van der Waals surface area contributed by atoms with E-state index in [1.54, 1.807) is 21.0 Å². The number of aromatic nitrogens is 3. The predicted octanol–water partition coefficient (Wildman–Crippen LogP) is -2.27. The van der Waals surface area contributed by atoms with Gasteiger partial charge in [-0.2, -0.15) is 4.68 Å². The van der Waals surface area contributed by atoms with Crippen molar-refractivity contribution in [1.82, 2.24) is 19.7 Å². The van der Waals surface area contributed by atoms with Gasteiger partial charge in [-0.15, -0.1) is 5.10 Å². The maximum absolute atomic E-state index is 12.2. The monoisotopic (exact) mass is 336 g/mol. The first kappa shape index (κ1) is 21.4. The molecule has 9 heteroatoms. The first-order valence-electron chi connectivity index (χ1n) is 6.58. The average molecular weight is 336 g/mol. The number of thioether (sulfide) groups is 1. The van der Waals surface area contributed by atoms with Crippen molar-refractivity contribution >= 4 is 23.8 Å². The fourth-order valence-corrected chi connectivity index (χ4v) is 2.40. The number of hydrogen-bond acceptors (Lipinski definition) is 6. The summed E-state index contributed by atoms with van der Waals surface area (Å²) in [6, 6.07) is -0.318. The smallest absolute Gasteiger partial charge is 0.550 e. The van der Waals surface area contributed by atoms with E-state index in [1.165, 1.54) is 21.3 Å². The molecule has 0 spiro atoms. The van der Waals surface area contributed by atoms with Crippen LogP contribution in [-0.2, 0) is 10.2 Å². The molecule has 1 heterocycles. The van der Waals surface area contributed by atoms with Crippen molar-refractivity contribution in [3.05, 3.63) is 5.82 Å². The van der Waals surface area contributed by atoms with E-state index >= 15 is 0 Å². The SMILES string of the molecule is CC(CC(=O)[O-])Sc1nc(C(C)(C)C)nn1C(=O)N(C)C.[Na+]. The van der Waals surface area contributed by atoms with Gasteiger partial charge < -0.3 is 14.8 Å². The zero-order valence-electron chi connectivity index (χ0n) is 14.2. The number of rotatable bonds is 4. The van der Waals surface area contributed by atoms with E-state index < -0.39 is 5.97 Å². The van der Waals surface area contributed by atoms with Crippen LogP contribution in [0.5, 0.6) is 0 Å². The summed E-state index contributed by atoms with van der Waals surface area (Å²) in [5, 5.41) is 15.0. The number of amides is 1.